The second-order valence-corrected chi connectivity index (χ2v) is 6.39. The highest BCUT2D eigenvalue weighted by Gasteiger charge is 2.16. The lowest BCUT2D eigenvalue weighted by Gasteiger charge is -2.06. The molecule has 3 rings (SSSR count). The van der Waals surface area contributed by atoms with Crippen molar-refractivity contribution in [2.24, 2.45) is 0 Å². The molecule has 2 aromatic carbocycles. The van der Waals surface area contributed by atoms with Crippen molar-refractivity contribution in [1.29, 1.82) is 0 Å². The molecule has 0 radical (unpaired) electrons. The standard InChI is InChI=1S/C18H12Cl2N2O4/c19-16(20)17(23)21-11-5-3-4-10(8-11)15-9-14(22-26-15)12-6-1-2-7-13(12)18(24)25/h1-9,16H,(H,21,23)(H,24,25). The molecule has 3 aromatic rings. The van der Waals surface area contributed by atoms with Crippen LogP contribution in [-0.2, 0) is 4.79 Å². The van der Waals surface area contributed by atoms with Crippen LogP contribution in [0.25, 0.3) is 22.6 Å². The fourth-order valence-electron chi connectivity index (χ4n) is 2.38. The van der Waals surface area contributed by atoms with Crippen LogP contribution in [0.5, 0.6) is 0 Å². The predicted molar refractivity (Wildman–Crippen MR) is 98.5 cm³/mol. The molecule has 0 aliphatic rings. The smallest absolute Gasteiger partial charge is 0.336 e. The molecule has 6 nitrogen and oxygen atoms in total. The number of aromatic nitrogens is 1. The van der Waals surface area contributed by atoms with E-state index >= 15 is 0 Å². The number of anilines is 1. The molecule has 0 bridgehead atoms. The van der Waals surface area contributed by atoms with Gasteiger partial charge in [-0.2, -0.15) is 0 Å². The quantitative estimate of drug-likeness (QED) is 0.627. The number of amides is 1. The summed E-state index contributed by atoms with van der Waals surface area (Å²) < 4.78 is 5.34. The minimum absolute atomic E-state index is 0.128. The zero-order valence-electron chi connectivity index (χ0n) is 13.1. The lowest BCUT2D eigenvalue weighted by Crippen LogP contribution is -2.18. The fraction of sp³-hybridized carbons (Fsp3) is 0.0556. The lowest BCUT2D eigenvalue weighted by molar-refractivity contribution is -0.114. The van der Waals surface area contributed by atoms with Crippen molar-refractivity contribution >= 4 is 40.8 Å². The number of halogens is 2. The van der Waals surface area contributed by atoms with E-state index in [-0.39, 0.29) is 5.56 Å². The number of hydrogen-bond donors (Lipinski definition) is 2. The van der Waals surface area contributed by atoms with Crippen LogP contribution in [0.15, 0.2) is 59.1 Å². The topological polar surface area (TPSA) is 92.4 Å². The van der Waals surface area contributed by atoms with Crippen molar-refractivity contribution in [2.75, 3.05) is 5.32 Å². The Hall–Kier alpha value is -2.83. The number of benzene rings is 2. The number of nitrogens with one attached hydrogen (secondary N) is 1. The second-order valence-electron chi connectivity index (χ2n) is 5.30. The van der Waals surface area contributed by atoms with Crippen molar-refractivity contribution in [3.63, 3.8) is 0 Å². The summed E-state index contributed by atoms with van der Waals surface area (Å²) in [6.07, 6.45) is 0. The maximum absolute atomic E-state index is 11.6. The van der Waals surface area contributed by atoms with E-state index in [0.717, 1.165) is 0 Å². The number of carboxylic acids is 1. The number of hydrogen-bond acceptors (Lipinski definition) is 4. The Kier molecular flexibility index (Phi) is 5.25. The normalized spacial score (nSPS) is 10.7. The zero-order valence-corrected chi connectivity index (χ0v) is 14.7. The van der Waals surface area contributed by atoms with Crippen molar-refractivity contribution in [3.8, 4) is 22.6 Å². The van der Waals surface area contributed by atoms with Gasteiger partial charge in [-0.1, -0.05) is 58.7 Å². The van der Waals surface area contributed by atoms with Gasteiger partial charge in [-0.3, -0.25) is 4.79 Å². The van der Waals surface area contributed by atoms with E-state index in [1.54, 1.807) is 48.5 Å². The van der Waals surface area contributed by atoms with Crippen LogP contribution in [0.3, 0.4) is 0 Å². The second kappa shape index (κ2) is 7.59. The van der Waals surface area contributed by atoms with Gasteiger partial charge in [-0.15, -0.1) is 0 Å². The molecule has 0 spiro atoms. The molecule has 1 aromatic heterocycles. The third kappa shape index (κ3) is 3.87. The number of carbonyl (C=O) groups excluding carboxylic acids is 1. The molecule has 132 valence electrons. The van der Waals surface area contributed by atoms with Gasteiger partial charge < -0.3 is 14.9 Å². The van der Waals surface area contributed by atoms with Crippen LogP contribution in [0.1, 0.15) is 10.4 Å². The molecule has 8 heteroatoms. The van der Waals surface area contributed by atoms with Crippen LogP contribution in [0.4, 0.5) is 5.69 Å². The molecule has 0 saturated heterocycles. The van der Waals surface area contributed by atoms with Crippen LogP contribution >= 0.6 is 23.2 Å². The van der Waals surface area contributed by atoms with Gasteiger partial charge in [0.05, 0.1) is 5.56 Å². The zero-order chi connectivity index (χ0) is 18.7. The Morgan fingerprint density at radius 1 is 1.08 bits per heavy atom. The van der Waals surface area contributed by atoms with E-state index in [1.807, 2.05) is 0 Å². The minimum atomic E-state index is -1.18. The number of carbonyl (C=O) groups is 2. The van der Waals surface area contributed by atoms with Gasteiger partial charge in [0.25, 0.3) is 5.91 Å². The van der Waals surface area contributed by atoms with Crippen molar-refractivity contribution in [3.05, 3.63) is 60.2 Å². The molecule has 1 amide bonds. The summed E-state index contributed by atoms with van der Waals surface area (Å²) in [6.45, 7) is 0. The first-order chi connectivity index (χ1) is 12.5. The highest BCUT2D eigenvalue weighted by molar-refractivity contribution is 6.54. The average Bonchev–Trinajstić information content (AvgIpc) is 3.12. The summed E-state index contributed by atoms with van der Waals surface area (Å²) in [4.78, 5) is 21.8. The number of carboxylic acid groups (broad SMARTS) is 1. The fourth-order valence-corrected chi connectivity index (χ4v) is 2.49. The molecule has 1 heterocycles. The average molecular weight is 391 g/mol. The van der Waals surface area contributed by atoms with Gasteiger partial charge in [0.15, 0.2) is 10.6 Å². The summed E-state index contributed by atoms with van der Waals surface area (Å²) in [7, 11) is 0. The molecule has 26 heavy (non-hydrogen) atoms. The van der Waals surface area contributed by atoms with Crippen molar-refractivity contribution < 1.29 is 19.2 Å². The molecule has 0 saturated carbocycles. The summed E-state index contributed by atoms with van der Waals surface area (Å²) in [5.74, 6) is -1.17. The molecule has 0 atom stereocenters. The van der Waals surface area contributed by atoms with E-state index in [2.05, 4.69) is 10.5 Å². The molecule has 2 N–H and O–H groups in total. The molecule has 0 aliphatic carbocycles. The molecule has 0 unspecified atom stereocenters. The highest BCUT2D eigenvalue weighted by atomic mass is 35.5. The highest BCUT2D eigenvalue weighted by Crippen LogP contribution is 2.29. The van der Waals surface area contributed by atoms with Gasteiger partial charge in [0.2, 0.25) is 0 Å². The van der Waals surface area contributed by atoms with Crippen LogP contribution < -0.4 is 5.32 Å². The van der Waals surface area contributed by atoms with E-state index in [9.17, 15) is 14.7 Å². The first-order valence-corrected chi connectivity index (χ1v) is 8.32. The molecule has 0 fully saturated rings. The Bertz CT molecular complexity index is 969. The SMILES string of the molecule is O=C(O)c1ccccc1-c1cc(-c2cccc(NC(=O)C(Cl)Cl)c2)on1. The predicted octanol–water partition coefficient (Wildman–Crippen LogP) is 4.45. The lowest BCUT2D eigenvalue weighted by atomic mass is 10.0. The minimum Gasteiger partial charge on any atom is -0.478 e. The number of nitrogens with zero attached hydrogens (tertiary/aromatic N) is 1. The summed E-state index contributed by atoms with van der Waals surface area (Å²) in [5, 5.41) is 15.8. The summed E-state index contributed by atoms with van der Waals surface area (Å²) in [5.41, 5.74) is 2.11. The number of alkyl halides is 2. The van der Waals surface area contributed by atoms with Crippen LogP contribution in [0.2, 0.25) is 0 Å². The largest absolute Gasteiger partial charge is 0.478 e. The maximum Gasteiger partial charge on any atom is 0.336 e. The van der Waals surface area contributed by atoms with Crippen LogP contribution in [-0.4, -0.2) is 27.0 Å². The Labute approximate surface area is 158 Å². The first-order valence-electron chi connectivity index (χ1n) is 7.44. The van der Waals surface area contributed by atoms with Gasteiger partial charge >= 0.3 is 5.97 Å². The van der Waals surface area contributed by atoms with Gasteiger partial charge in [-0.25, -0.2) is 4.79 Å². The third-order valence-corrected chi connectivity index (χ3v) is 3.95. The molecular formula is C18H12Cl2N2O4. The van der Waals surface area contributed by atoms with Crippen LogP contribution in [0, 0.1) is 0 Å². The number of rotatable bonds is 5. The Balaban J connectivity index is 1.92. The summed E-state index contributed by atoms with van der Waals surface area (Å²) >= 11 is 11.0. The van der Waals surface area contributed by atoms with Gasteiger partial charge in [-0.05, 0) is 18.2 Å². The first kappa shape index (κ1) is 18.0. The number of aromatic carboxylic acids is 1. The monoisotopic (exact) mass is 390 g/mol. The summed E-state index contributed by atoms with van der Waals surface area (Å²) in [6, 6.07) is 15.0. The third-order valence-electron chi connectivity index (χ3n) is 3.56. The van der Waals surface area contributed by atoms with E-state index in [4.69, 9.17) is 27.7 Å². The molecule has 0 aliphatic heterocycles. The molecular weight excluding hydrogens is 379 g/mol. The van der Waals surface area contributed by atoms with Crippen molar-refractivity contribution in [2.45, 2.75) is 4.84 Å². The maximum atomic E-state index is 11.6. The van der Waals surface area contributed by atoms with Gasteiger partial charge in [0, 0.05) is 22.9 Å². The van der Waals surface area contributed by atoms with E-state index in [1.165, 1.54) is 6.07 Å². The van der Waals surface area contributed by atoms with Gasteiger partial charge in [0.1, 0.15) is 5.69 Å². The van der Waals surface area contributed by atoms with Crippen molar-refractivity contribution in [1.82, 2.24) is 5.16 Å². The Morgan fingerprint density at radius 3 is 2.58 bits per heavy atom. The van der Waals surface area contributed by atoms with E-state index in [0.29, 0.717) is 28.3 Å². The van der Waals surface area contributed by atoms with E-state index < -0.39 is 16.7 Å². The Morgan fingerprint density at radius 2 is 1.85 bits per heavy atom.